The third-order valence-corrected chi connectivity index (χ3v) is 5.37. The van der Waals surface area contributed by atoms with Gasteiger partial charge in [0.05, 0.1) is 0 Å². The number of rotatable bonds is 6. The molecule has 1 heterocycles. The van der Waals surface area contributed by atoms with E-state index in [4.69, 9.17) is 4.74 Å². The third-order valence-electron chi connectivity index (χ3n) is 5.37. The summed E-state index contributed by atoms with van der Waals surface area (Å²) in [5, 5.41) is 0. The van der Waals surface area contributed by atoms with E-state index in [0.717, 1.165) is 11.1 Å². The molecule has 0 radical (unpaired) electrons. The van der Waals surface area contributed by atoms with Crippen molar-refractivity contribution >= 4 is 11.8 Å². The number of nitrogens with zero attached hydrogens (tertiary/aromatic N) is 2. The summed E-state index contributed by atoms with van der Waals surface area (Å²) in [4.78, 5) is 29.6. The van der Waals surface area contributed by atoms with E-state index in [-0.39, 0.29) is 24.0 Å². The fraction of sp³-hybridized carbons (Fsp3) is 0.636. The lowest BCUT2D eigenvalue weighted by Gasteiger charge is -2.41. The smallest absolute Gasteiger partial charge is 0.254 e. The van der Waals surface area contributed by atoms with Crippen LogP contribution in [0.5, 0.6) is 0 Å². The maximum absolute atomic E-state index is 13.1. The Morgan fingerprint density at radius 2 is 1.93 bits per heavy atom. The fourth-order valence-electron chi connectivity index (χ4n) is 3.62. The average Bonchev–Trinajstić information content (AvgIpc) is 2.65. The molecule has 0 N–H and O–H groups in total. The van der Waals surface area contributed by atoms with Crippen molar-refractivity contribution in [2.45, 2.75) is 66.0 Å². The van der Waals surface area contributed by atoms with Crippen LogP contribution in [0.2, 0.25) is 0 Å². The Morgan fingerprint density at radius 3 is 2.48 bits per heavy atom. The Balaban J connectivity index is 2.10. The first kappa shape index (κ1) is 21.4. The monoisotopic (exact) mass is 374 g/mol. The number of ether oxygens (including phenoxy) is 1. The summed E-state index contributed by atoms with van der Waals surface area (Å²) in [6.07, 6.45) is 0.282. The Labute approximate surface area is 163 Å². The first-order valence-electron chi connectivity index (χ1n) is 10.1. The largest absolute Gasteiger partial charge is 0.369 e. The average molecular weight is 375 g/mol. The van der Waals surface area contributed by atoms with Crippen LogP contribution in [0.15, 0.2) is 18.2 Å². The van der Waals surface area contributed by atoms with Crippen LogP contribution >= 0.6 is 0 Å². The maximum atomic E-state index is 13.1. The number of piperazine rings is 1. The van der Waals surface area contributed by atoms with Gasteiger partial charge in [0.15, 0.2) is 0 Å². The molecule has 1 unspecified atom stereocenters. The van der Waals surface area contributed by atoms with Gasteiger partial charge in [-0.1, -0.05) is 32.9 Å². The molecule has 150 valence electrons. The van der Waals surface area contributed by atoms with Gasteiger partial charge in [0.25, 0.3) is 11.8 Å². The van der Waals surface area contributed by atoms with E-state index in [0.29, 0.717) is 38.6 Å². The summed E-state index contributed by atoms with van der Waals surface area (Å²) in [5.74, 6) is 0.484. The molecule has 2 amide bonds. The topological polar surface area (TPSA) is 49.9 Å². The highest BCUT2D eigenvalue weighted by Gasteiger charge is 2.33. The number of aryl methyl sites for hydroxylation is 1. The molecule has 1 aromatic carbocycles. The van der Waals surface area contributed by atoms with Crippen LogP contribution in [0.4, 0.5) is 0 Å². The standard InChI is InChI=1S/C22H34N2O3/c1-7-20(27-8-2)22(26)24-12-11-23(14-17(24)6)21(25)19-13-18(15(3)4)10-9-16(19)5/h9-10,13,15,17,20H,7-8,11-12,14H2,1-6H3/t17-,20?/m0/s1. The number of carbonyl (C=O) groups excluding carboxylic acids is 2. The molecular weight excluding hydrogens is 340 g/mol. The first-order valence-corrected chi connectivity index (χ1v) is 10.1. The SMILES string of the molecule is CCOC(CC)C(=O)N1CCN(C(=O)c2cc(C(C)C)ccc2C)C[C@@H]1C. The van der Waals surface area contributed by atoms with Gasteiger partial charge in [-0.15, -0.1) is 0 Å². The Bertz CT molecular complexity index is 672. The minimum Gasteiger partial charge on any atom is -0.369 e. The van der Waals surface area contributed by atoms with Crippen LogP contribution in [-0.4, -0.2) is 60.0 Å². The summed E-state index contributed by atoms with van der Waals surface area (Å²) in [6.45, 7) is 14.3. The molecule has 1 aliphatic rings. The maximum Gasteiger partial charge on any atom is 0.254 e. The number of hydrogen-bond donors (Lipinski definition) is 0. The van der Waals surface area contributed by atoms with E-state index >= 15 is 0 Å². The van der Waals surface area contributed by atoms with Gasteiger partial charge in [0.2, 0.25) is 0 Å². The first-order chi connectivity index (χ1) is 12.8. The molecule has 5 nitrogen and oxygen atoms in total. The van der Waals surface area contributed by atoms with Crippen molar-refractivity contribution in [2.75, 3.05) is 26.2 Å². The fourth-order valence-corrected chi connectivity index (χ4v) is 3.62. The molecule has 1 fully saturated rings. The van der Waals surface area contributed by atoms with Crippen molar-refractivity contribution in [2.24, 2.45) is 0 Å². The van der Waals surface area contributed by atoms with Crippen LogP contribution in [0.25, 0.3) is 0 Å². The van der Waals surface area contributed by atoms with Gasteiger partial charge in [-0.2, -0.15) is 0 Å². The van der Waals surface area contributed by atoms with E-state index in [1.165, 1.54) is 5.56 Å². The second-order valence-corrected chi connectivity index (χ2v) is 7.71. The van der Waals surface area contributed by atoms with Crippen molar-refractivity contribution < 1.29 is 14.3 Å². The molecule has 5 heteroatoms. The normalized spacial score (nSPS) is 18.7. The van der Waals surface area contributed by atoms with Crippen LogP contribution in [0.1, 0.15) is 68.4 Å². The van der Waals surface area contributed by atoms with E-state index in [9.17, 15) is 9.59 Å². The number of amides is 2. The highest BCUT2D eigenvalue weighted by atomic mass is 16.5. The summed E-state index contributed by atoms with van der Waals surface area (Å²) >= 11 is 0. The lowest BCUT2D eigenvalue weighted by Crippen LogP contribution is -2.57. The van der Waals surface area contributed by atoms with Crippen LogP contribution < -0.4 is 0 Å². The van der Waals surface area contributed by atoms with Gasteiger partial charge in [0.1, 0.15) is 6.10 Å². The van der Waals surface area contributed by atoms with Crippen molar-refractivity contribution in [3.8, 4) is 0 Å². The van der Waals surface area contributed by atoms with Crippen LogP contribution in [-0.2, 0) is 9.53 Å². The lowest BCUT2D eigenvalue weighted by atomic mass is 9.97. The van der Waals surface area contributed by atoms with Gasteiger partial charge in [0, 0.05) is 37.8 Å². The number of carbonyl (C=O) groups is 2. The summed E-state index contributed by atoms with van der Waals surface area (Å²) in [6, 6.07) is 6.12. The summed E-state index contributed by atoms with van der Waals surface area (Å²) in [5.41, 5.74) is 2.94. The number of benzene rings is 1. The molecule has 0 aromatic heterocycles. The minimum atomic E-state index is -0.385. The molecule has 1 aromatic rings. The van der Waals surface area contributed by atoms with E-state index in [1.807, 2.05) is 49.6 Å². The molecule has 1 saturated heterocycles. The molecular formula is C22H34N2O3. The second-order valence-electron chi connectivity index (χ2n) is 7.71. The van der Waals surface area contributed by atoms with Gasteiger partial charge < -0.3 is 14.5 Å². The van der Waals surface area contributed by atoms with E-state index in [2.05, 4.69) is 19.9 Å². The highest BCUT2D eigenvalue weighted by Crippen LogP contribution is 2.22. The van der Waals surface area contributed by atoms with Gasteiger partial charge in [-0.05, 0) is 50.3 Å². The Kier molecular flexibility index (Phi) is 7.42. The predicted octanol–water partition coefficient (Wildman–Crippen LogP) is 3.61. The zero-order valence-electron chi connectivity index (χ0n) is 17.6. The minimum absolute atomic E-state index is 0.0155. The van der Waals surface area contributed by atoms with Crippen molar-refractivity contribution in [3.63, 3.8) is 0 Å². The van der Waals surface area contributed by atoms with Crippen molar-refractivity contribution in [3.05, 3.63) is 34.9 Å². The Hall–Kier alpha value is -1.88. The molecule has 0 saturated carbocycles. The molecule has 2 rings (SSSR count). The predicted molar refractivity (Wildman–Crippen MR) is 108 cm³/mol. The van der Waals surface area contributed by atoms with Gasteiger partial charge in [-0.25, -0.2) is 0 Å². The van der Waals surface area contributed by atoms with Crippen molar-refractivity contribution in [1.29, 1.82) is 0 Å². The molecule has 27 heavy (non-hydrogen) atoms. The van der Waals surface area contributed by atoms with Gasteiger partial charge >= 0.3 is 0 Å². The summed E-state index contributed by atoms with van der Waals surface area (Å²) in [7, 11) is 0. The molecule has 2 atom stereocenters. The van der Waals surface area contributed by atoms with Crippen LogP contribution in [0, 0.1) is 6.92 Å². The molecule has 0 bridgehead atoms. The van der Waals surface area contributed by atoms with E-state index < -0.39 is 0 Å². The lowest BCUT2D eigenvalue weighted by molar-refractivity contribution is -0.147. The second kappa shape index (κ2) is 9.36. The zero-order valence-corrected chi connectivity index (χ0v) is 17.6. The molecule has 0 spiro atoms. The van der Waals surface area contributed by atoms with E-state index in [1.54, 1.807) is 0 Å². The van der Waals surface area contributed by atoms with Crippen molar-refractivity contribution in [1.82, 2.24) is 9.80 Å². The molecule has 1 aliphatic heterocycles. The quantitative estimate of drug-likeness (QED) is 0.764. The zero-order chi connectivity index (χ0) is 20.1. The van der Waals surface area contributed by atoms with Gasteiger partial charge in [-0.3, -0.25) is 9.59 Å². The molecule has 0 aliphatic carbocycles. The summed E-state index contributed by atoms with van der Waals surface area (Å²) < 4.78 is 5.58. The van der Waals surface area contributed by atoms with Crippen LogP contribution in [0.3, 0.4) is 0 Å². The highest BCUT2D eigenvalue weighted by molar-refractivity contribution is 5.96. The Morgan fingerprint density at radius 1 is 1.22 bits per heavy atom. The number of hydrogen-bond acceptors (Lipinski definition) is 3. The third kappa shape index (κ3) is 4.89.